The summed E-state index contributed by atoms with van der Waals surface area (Å²) in [4.78, 5) is 11.2. The molecule has 1 aliphatic carbocycles. The third kappa shape index (κ3) is 1.08. The summed E-state index contributed by atoms with van der Waals surface area (Å²) in [5.41, 5.74) is -0.824. The number of alkyl halides is 1. The molecule has 1 unspecified atom stereocenters. The van der Waals surface area contributed by atoms with Gasteiger partial charge >= 0.3 is 5.97 Å². The summed E-state index contributed by atoms with van der Waals surface area (Å²) >= 11 is 3.36. The van der Waals surface area contributed by atoms with E-state index in [1.807, 2.05) is 0 Å². The quantitative estimate of drug-likeness (QED) is 0.458. The topological polar surface area (TPSA) is 46.5 Å². The smallest absolute Gasteiger partial charge is 0.337 e. The highest BCUT2D eigenvalue weighted by Crippen LogP contribution is 2.59. The van der Waals surface area contributed by atoms with Crippen LogP contribution in [0.3, 0.4) is 0 Å². The number of ether oxygens (including phenoxy) is 1. The molecule has 3 atom stereocenters. The second kappa shape index (κ2) is 3.09. The molecule has 1 N–H and O–H groups in total. The van der Waals surface area contributed by atoms with E-state index < -0.39 is 11.6 Å². The highest BCUT2D eigenvalue weighted by molar-refractivity contribution is 14.1. The van der Waals surface area contributed by atoms with Gasteiger partial charge in [0.05, 0.1) is 10.0 Å². The molecule has 0 aromatic carbocycles. The Bertz CT molecular complexity index is 260. The van der Waals surface area contributed by atoms with E-state index >= 15 is 0 Å². The van der Waals surface area contributed by atoms with Gasteiger partial charge in [-0.3, -0.25) is 0 Å². The molecule has 5 heteroatoms. The van der Waals surface area contributed by atoms with E-state index in [-0.39, 0.29) is 9.34 Å². The number of rotatable bonds is 2. The van der Waals surface area contributed by atoms with Crippen molar-refractivity contribution in [3.8, 4) is 0 Å². The molecule has 0 spiro atoms. The number of aliphatic carboxylic acids is 1. The van der Waals surface area contributed by atoms with Crippen molar-refractivity contribution in [3.05, 3.63) is 0 Å². The molecule has 2 rings (SSSR count). The zero-order valence-electron chi connectivity index (χ0n) is 7.55. The molecule has 1 heterocycles. The number of hydrogen-bond donors (Lipinski definition) is 1. The minimum atomic E-state index is -0.824. The normalized spacial score (nSPS) is 48.2. The van der Waals surface area contributed by atoms with Crippen LogP contribution in [-0.2, 0) is 9.53 Å². The van der Waals surface area contributed by atoms with E-state index in [0.29, 0.717) is 6.61 Å². The second-order valence-electron chi connectivity index (χ2n) is 3.94. The zero-order valence-corrected chi connectivity index (χ0v) is 11.7. The molecule has 1 saturated heterocycles. The van der Waals surface area contributed by atoms with Crippen molar-refractivity contribution < 1.29 is 14.6 Å². The van der Waals surface area contributed by atoms with Crippen LogP contribution in [0.5, 0.6) is 0 Å². The molecule has 1 aliphatic heterocycles. The van der Waals surface area contributed by atoms with Crippen molar-refractivity contribution in [2.24, 2.45) is 5.92 Å². The van der Waals surface area contributed by atoms with E-state index in [4.69, 9.17) is 4.74 Å². The summed E-state index contributed by atoms with van der Waals surface area (Å²) in [5, 5.41) is 10.3. The largest absolute Gasteiger partial charge is 0.479 e. The lowest BCUT2D eigenvalue weighted by atomic mass is 9.80. The molecule has 1 saturated carbocycles. The molecule has 72 valence electrons. The van der Waals surface area contributed by atoms with Gasteiger partial charge in [-0.15, -0.1) is 0 Å². The van der Waals surface area contributed by atoms with E-state index in [9.17, 15) is 9.90 Å². The van der Waals surface area contributed by atoms with Crippen molar-refractivity contribution in [3.63, 3.8) is 0 Å². The molecule has 13 heavy (non-hydrogen) atoms. The van der Waals surface area contributed by atoms with Crippen LogP contribution in [0.1, 0.15) is 12.8 Å². The fraction of sp³-hybridized carbons (Fsp3) is 0.875. The van der Waals surface area contributed by atoms with E-state index in [2.05, 4.69) is 22.6 Å². The summed E-state index contributed by atoms with van der Waals surface area (Å²) in [6.45, 7) is 0.623. The standard InChI is InChI=1S/C8H10IO3.Al.2H/c1-5-2-3-7(9)4-12-8(5,7)6(10)11;;;/h5H,1-4H2,(H,10,11);;;/t5?,7-,8-;;;/m1.../s1. The molecule has 0 bridgehead atoms. The monoisotopic (exact) mass is 310 g/mol. The van der Waals surface area contributed by atoms with Gasteiger partial charge in [0.1, 0.15) is 0 Å². The summed E-state index contributed by atoms with van der Waals surface area (Å²) in [6.07, 6.45) is 2.03. The fourth-order valence-corrected chi connectivity index (χ4v) is 4.93. The zero-order chi connectivity index (χ0) is 9.69. The highest BCUT2D eigenvalue weighted by atomic mass is 127. The Morgan fingerprint density at radius 2 is 2.46 bits per heavy atom. The number of fused-ring (bicyclic) bond motifs is 1. The van der Waals surface area contributed by atoms with E-state index in [1.54, 1.807) is 0 Å². The van der Waals surface area contributed by atoms with Crippen LogP contribution in [0.4, 0.5) is 0 Å². The Morgan fingerprint density at radius 1 is 1.77 bits per heavy atom. The lowest BCUT2D eigenvalue weighted by Gasteiger charge is -2.51. The number of carboxylic acids is 1. The van der Waals surface area contributed by atoms with Crippen LogP contribution in [0.25, 0.3) is 0 Å². The molecule has 0 aromatic rings. The highest BCUT2D eigenvalue weighted by Gasteiger charge is 2.71. The Balaban J connectivity index is 2.35. The summed E-state index contributed by atoms with van der Waals surface area (Å²) in [6, 6.07) is 0. The number of carboxylic acid groups (broad SMARTS) is 1. The number of halogens is 1. The maximum absolute atomic E-state index is 11.2. The first-order valence-electron chi connectivity index (χ1n) is 4.63. The Hall–Kier alpha value is 0.692. The van der Waals surface area contributed by atoms with Gasteiger partial charge in [-0.2, -0.15) is 0 Å². The van der Waals surface area contributed by atoms with Crippen molar-refractivity contribution in [1.82, 2.24) is 0 Å². The third-order valence-corrected chi connectivity index (χ3v) is 6.11. The Labute approximate surface area is 98.8 Å². The third-order valence-electron chi connectivity index (χ3n) is 3.47. The van der Waals surface area contributed by atoms with Crippen LogP contribution in [0.15, 0.2) is 0 Å². The van der Waals surface area contributed by atoms with E-state index in [1.165, 1.54) is 0 Å². The summed E-state index contributed by atoms with van der Waals surface area (Å²) in [7, 11) is 0. The van der Waals surface area contributed by atoms with Crippen LogP contribution in [0, 0.1) is 5.92 Å². The molecular weight excluding hydrogens is 298 g/mol. The molecule has 2 fully saturated rings. The molecule has 0 radical (unpaired) electrons. The minimum Gasteiger partial charge on any atom is -0.479 e. The Kier molecular flexibility index (Phi) is 2.43. The summed E-state index contributed by atoms with van der Waals surface area (Å²) < 4.78 is 5.32. The molecular formula is C8H12AlIO3. The van der Waals surface area contributed by atoms with Gasteiger partial charge in [-0.05, 0) is 18.8 Å². The van der Waals surface area contributed by atoms with Crippen LogP contribution in [-0.4, -0.2) is 43.0 Å². The number of carbonyl (C=O) groups is 1. The predicted octanol–water partition coefficient (Wildman–Crippen LogP) is 0.475. The van der Waals surface area contributed by atoms with Crippen LogP contribution in [0.2, 0.25) is 5.28 Å². The van der Waals surface area contributed by atoms with Gasteiger partial charge in [0.2, 0.25) is 16.3 Å². The fourth-order valence-electron chi connectivity index (χ4n) is 2.65. The second-order valence-corrected chi connectivity index (χ2v) is 6.82. The van der Waals surface area contributed by atoms with Crippen molar-refractivity contribution in [1.29, 1.82) is 0 Å². The van der Waals surface area contributed by atoms with Crippen LogP contribution < -0.4 is 0 Å². The Morgan fingerprint density at radius 3 is 2.77 bits per heavy atom. The molecule has 2 aliphatic rings. The average molecular weight is 310 g/mol. The molecule has 0 aromatic heterocycles. The maximum atomic E-state index is 11.2. The minimum absolute atomic E-state index is 0.105. The average Bonchev–Trinajstić information content (AvgIpc) is 2.25. The number of hydrogen-bond acceptors (Lipinski definition) is 2. The molecule has 0 amide bonds. The van der Waals surface area contributed by atoms with Crippen molar-refractivity contribution in [2.45, 2.75) is 27.1 Å². The van der Waals surface area contributed by atoms with Crippen LogP contribution >= 0.6 is 22.6 Å². The SMILES string of the molecule is O=C(O)[C@@]12OC[C@]1(I)CCC2[CH2][AlH2]. The molecule has 3 nitrogen and oxygen atoms in total. The van der Waals surface area contributed by atoms with Gasteiger partial charge < -0.3 is 9.84 Å². The first-order valence-corrected chi connectivity index (χ1v) is 7.12. The lowest BCUT2D eigenvalue weighted by Crippen LogP contribution is -2.68. The van der Waals surface area contributed by atoms with E-state index in [0.717, 1.165) is 34.4 Å². The predicted molar refractivity (Wildman–Crippen MR) is 59.1 cm³/mol. The van der Waals surface area contributed by atoms with Crippen molar-refractivity contribution in [2.75, 3.05) is 6.61 Å². The maximum Gasteiger partial charge on any atom is 0.337 e. The van der Waals surface area contributed by atoms with Gasteiger partial charge in [0.25, 0.3) is 0 Å². The first-order chi connectivity index (χ1) is 6.07. The van der Waals surface area contributed by atoms with Gasteiger partial charge in [-0.1, -0.05) is 27.9 Å². The van der Waals surface area contributed by atoms with Gasteiger partial charge in [-0.25, -0.2) is 4.79 Å². The lowest BCUT2D eigenvalue weighted by molar-refractivity contribution is -0.208. The van der Waals surface area contributed by atoms with Gasteiger partial charge in [0, 0.05) is 0 Å². The van der Waals surface area contributed by atoms with Gasteiger partial charge in [0.15, 0.2) is 5.60 Å². The first kappa shape index (κ1) is 10.2. The summed E-state index contributed by atoms with van der Waals surface area (Å²) in [5.74, 6) is -0.478. The van der Waals surface area contributed by atoms with Crippen molar-refractivity contribution >= 4 is 44.9 Å².